The Morgan fingerprint density at radius 3 is 2.42 bits per heavy atom. The highest BCUT2D eigenvalue weighted by atomic mass is 19.1. The van der Waals surface area contributed by atoms with E-state index in [1.54, 1.807) is 54.0 Å². The second-order valence-electron chi connectivity index (χ2n) is 13.7. The SMILES string of the molecule is CN(CCC[C@H]1C(=O)N(C)CCCCC2(CCN(C(=O)OC(C)(C)C)CC2)COCC(=O)N1C)C(=O)CCc1ccccc1F. The summed E-state index contributed by atoms with van der Waals surface area (Å²) in [6.07, 6.45) is 5.29. The van der Waals surface area contributed by atoms with Crippen LogP contribution in [0, 0.1) is 11.2 Å². The number of hydrogen-bond donors (Lipinski definition) is 0. The molecular formula is C34H53FN4O6. The van der Waals surface area contributed by atoms with Gasteiger partial charge in [0.1, 0.15) is 24.1 Å². The molecule has 1 aromatic carbocycles. The predicted octanol–water partition coefficient (Wildman–Crippen LogP) is 4.50. The number of piperidine rings is 1. The lowest BCUT2D eigenvalue weighted by Crippen LogP contribution is -2.50. The molecular weight excluding hydrogens is 579 g/mol. The zero-order chi connectivity index (χ0) is 33.2. The van der Waals surface area contributed by atoms with Crippen LogP contribution in [-0.4, -0.2) is 116 Å². The van der Waals surface area contributed by atoms with Gasteiger partial charge < -0.3 is 29.1 Å². The summed E-state index contributed by atoms with van der Waals surface area (Å²) in [6, 6.07) is 5.78. The van der Waals surface area contributed by atoms with Crippen LogP contribution in [0.4, 0.5) is 9.18 Å². The smallest absolute Gasteiger partial charge is 0.410 e. The molecule has 3 rings (SSSR count). The molecule has 4 amide bonds. The Bertz CT molecular complexity index is 1160. The summed E-state index contributed by atoms with van der Waals surface area (Å²) in [7, 11) is 5.12. The lowest BCUT2D eigenvalue weighted by Gasteiger charge is -2.42. The Balaban J connectivity index is 1.55. The van der Waals surface area contributed by atoms with Gasteiger partial charge in [-0.25, -0.2) is 9.18 Å². The van der Waals surface area contributed by atoms with Crippen molar-refractivity contribution >= 4 is 23.8 Å². The van der Waals surface area contributed by atoms with E-state index in [1.807, 2.05) is 20.8 Å². The number of likely N-dealkylation sites (N-methyl/N-ethyl adjacent to an activating group) is 2. The quantitative estimate of drug-likeness (QED) is 0.439. The van der Waals surface area contributed by atoms with Gasteiger partial charge in [-0.2, -0.15) is 0 Å². The maximum Gasteiger partial charge on any atom is 0.410 e. The van der Waals surface area contributed by atoms with Gasteiger partial charge in [0.2, 0.25) is 17.7 Å². The van der Waals surface area contributed by atoms with Gasteiger partial charge in [-0.1, -0.05) is 24.6 Å². The minimum absolute atomic E-state index is 0.0969. The number of benzene rings is 1. The van der Waals surface area contributed by atoms with Crippen molar-refractivity contribution in [1.29, 1.82) is 0 Å². The number of aryl methyl sites for hydroxylation is 1. The van der Waals surface area contributed by atoms with E-state index in [4.69, 9.17) is 9.47 Å². The molecule has 1 aromatic rings. The van der Waals surface area contributed by atoms with Gasteiger partial charge >= 0.3 is 6.09 Å². The molecule has 2 aliphatic heterocycles. The fourth-order valence-electron chi connectivity index (χ4n) is 6.06. The average molecular weight is 633 g/mol. The van der Waals surface area contributed by atoms with E-state index < -0.39 is 11.6 Å². The van der Waals surface area contributed by atoms with Crippen LogP contribution in [0.3, 0.4) is 0 Å². The maximum absolute atomic E-state index is 13.9. The number of nitrogens with zero attached hydrogens (tertiary/aromatic N) is 4. The summed E-state index contributed by atoms with van der Waals surface area (Å²) >= 11 is 0. The Morgan fingerprint density at radius 1 is 1.07 bits per heavy atom. The third-order valence-corrected chi connectivity index (χ3v) is 9.05. The first-order chi connectivity index (χ1) is 21.2. The van der Waals surface area contributed by atoms with Crippen molar-refractivity contribution in [2.45, 2.75) is 90.2 Å². The standard InChI is InChI=1S/C34H53FN4O6/c1-33(2,3)45-32(43)39-22-18-34(19-23-39)17-9-10-20-37(5)31(42)28(38(6)30(41)24-44-25-34)14-11-21-36(4)29(40)16-15-26-12-7-8-13-27(26)35/h7-8,12-13,28H,9-11,14-25H2,1-6H3/t28-/m0/s1. The molecule has 2 saturated heterocycles. The van der Waals surface area contributed by atoms with Crippen LogP contribution in [0.2, 0.25) is 0 Å². The minimum atomic E-state index is -0.667. The topological polar surface area (TPSA) is 99.7 Å². The van der Waals surface area contributed by atoms with Crippen LogP contribution in [0.1, 0.15) is 77.7 Å². The highest BCUT2D eigenvalue weighted by Gasteiger charge is 2.38. The van der Waals surface area contributed by atoms with Gasteiger partial charge in [0, 0.05) is 53.7 Å². The molecule has 1 atom stereocenters. The van der Waals surface area contributed by atoms with Crippen molar-refractivity contribution in [2.75, 3.05) is 60.5 Å². The number of amides is 4. The second-order valence-corrected chi connectivity index (χ2v) is 13.7. The van der Waals surface area contributed by atoms with Gasteiger partial charge in [0.15, 0.2) is 0 Å². The monoisotopic (exact) mass is 632 g/mol. The zero-order valence-electron chi connectivity index (χ0n) is 28.1. The van der Waals surface area contributed by atoms with Crippen molar-refractivity contribution in [3.63, 3.8) is 0 Å². The summed E-state index contributed by atoms with van der Waals surface area (Å²) in [4.78, 5) is 58.6. The molecule has 2 fully saturated rings. The van der Waals surface area contributed by atoms with Gasteiger partial charge in [-0.05, 0) is 82.8 Å². The molecule has 2 heterocycles. The number of carbonyl (C=O) groups is 4. The minimum Gasteiger partial charge on any atom is -0.444 e. The zero-order valence-corrected chi connectivity index (χ0v) is 28.1. The molecule has 0 N–H and O–H groups in total. The van der Waals surface area contributed by atoms with E-state index in [9.17, 15) is 23.6 Å². The van der Waals surface area contributed by atoms with Crippen molar-refractivity contribution in [3.8, 4) is 0 Å². The number of likely N-dealkylation sites (tertiary alicyclic amines) is 1. The van der Waals surface area contributed by atoms with Crippen LogP contribution in [0.5, 0.6) is 0 Å². The van der Waals surface area contributed by atoms with Gasteiger partial charge in [0.25, 0.3) is 0 Å². The molecule has 45 heavy (non-hydrogen) atoms. The van der Waals surface area contributed by atoms with Crippen LogP contribution in [-0.2, 0) is 30.3 Å². The molecule has 0 unspecified atom stereocenters. The molecule has 252 valence electrons. The summed E-state index contributed by atoms with van der Waals surface area (Å²) in [5.74, 6) is -0.805. The molecule has 0 saturated carbocycles. The van der Waals surface area contributed by atoms with Crippen LogP contribution >= 0.6 is 0 Å². The number of ether oxygens (including phenoxy) is 2. The molecule has 2 aliphatic rings. The Hall–Kier alpha value is -3.21. The van der Waals surface area contributed by atoms with E-state index in [0.29, 0.717) is 57.6 Å². The third-order valence-electron chi connectivity index (χ3n) is 9.05. The molecule has 10 nitrogen and oxygen atoms in total. The summed E-state index contributed by atoms with van der Waals surface area (Å²) in [5.41, 5.74) is -0.181. The average Bonchev–Trinajstić information content (AvgIpc) is 2.99. The lowest BCUT2D eigenvalue weighted by atomic mass is 9.75. The van der Waals surface area contributed by atoms with Gasteiger partial charge in [-0.15, -0.1) is 0 Å². The fourth-order valence-corrected chi connectivity index (χ4v) is 6.06. The number of hydrogen-bond acceptors (Lipinski definition) is 6. The van der Waals surface area contributed by atoms with E-state index in [2.05, 4.69) is 0 Å². The van der Waals surface area contributed by atoms with Crippen molar-refractivity contribution < 1.29 is 33.0 Å². The first-order valence-electron chi connectivity index (χ1n) is 16.2. The maximum atomic E-state index is 13.9. The highest BCUT2D eigenvalue weighted by molar-refractivity contribution is 5.88. The molecule has 0 aromatic heterocycles. The molecule has 1 spiro atoms. The molecule has 0 radical (unpaired) electrons. The van der Waals surface area contributed by atoms with E-state index in [-0.39, 0.29) is 48.1 Å². The first kappa shape index (κ1) is 36.3. The van der Waals surface area contributed by atoms with Gasteiger partial charge in [0.05, 0.1) is 6.61 Å². The summed E-state index contributed by atoms with van der Waals surface area (Å²) in [5, 5.41) is 0. The largest absolute Gasteiger partial charge is 0.444 e. The number of carbonyl (C=O) groups excluding carboxylic acids is 4. The predicted molar refractivity (Wildman–Crippen MR) is 170 cm³/mol. The van der Waals surface area contributed by atoms with Crippen molar-refractivity contribution in [3.05, 3.63) is 35.6 Å². The number of halogens is 1. The van der Waals surface area contributed by atoms with Crippen LogP contribution in [0.15, 0.2) is 24.3 Å². The molecule has 0 bridgehead atoms. The normalized spacial score (nSPS) is 20.3. The summed E-state index contributed by atoms with van der Waals surface area (Å²) in [6.45, 7) is 8.02. The Kier molecular flexibility index (Phi) is 13.2. The van der Waals surface area contributed by atoms with Crippen LogP contribution in [0.25, 0.3) is 0 Å². The number of rotatable bonds is 7. The van der Waals surface area contributed by atoms with Crippen LogP contribution < -0.4 is 0 Å². The Morgan fingerprint density at radius 2 is 1.76 bits per heavy atom. The van der Waals surface area contributed by atoms with Crippen molar-refractivity contribution in [1.82, 2.24) is 19.6 Å². The fraction of sp³-hybridized carbons (Fsp3) is 0.706. The van der Waals surface area contributed by atoms with Gasteiger partial charge in [-0.3, -0.25) is 14.4 Å². The van der Waals surface area contributed by atoms with E-state index in [1.165, 1.54) is 11.0 Å². The third kappa shape index (κ3) is 11.0. The van der Waals surface area contributed by atoms with E-state index >= 15 is 0 Å². The molecule has 11 heteroatoms. The Labute approximate surface area is 268 Å². The summed E-state index contributed by atoms with van der Waals surface area (Å²) < 4.78 is 25.5. The molecule has 0 aliphatic carbocycles. The van der Waals surface area contributed by atoms with Crippen molar-refractivity contribution in [2.24, 2.45) is 5.41 Å². The second kappa shape index (κ2) is 16.4. The highest BCUT2D eigenvalue weighted by Crippen LogP contribution is 2.37. The lowest BCUT2D eigenvalue weighted by molar-refractivity contribution is -0.147. The van der Waals surface area contributed by atoms with E-state index in [0.717, 1.165) is 32.1 Å². The first-order valence-corrected chi connectivity index (χ1v) is 16.2.